The highest BCUT2D eigenvalue weighted by Gasteiger charge is 2.27. The van der Waals surface area contributed by atoms with Crippen LogP contribution >= 0.6 is 11.6 Å². The molecule has 1 rings (SSSR count). The van der Waals surface area contributed by atoms with Crippen molar-refractivity contribution in [3.8, 4) is 0 Å². The second kappa shape index (κ2) is 5.44. The van der Waals surface area contributed by atoms with Crippen molar-refractivity contribution in [2.45, 2.75) is 26.3 Å². The molecule has 0 unspecified atom stereocenters. The third kappa shape index (κ3) is 3.26. The van der Waals surface area contributed by atoms with Crippen molar-refractivity contribution in [1.29, 1.82) is 0 Å². The molecule has 98 valence electrons. The molecule has 0 saturated carbocycles. The van der Waals surface area contributed by atoms with Crippen LogP contribution in [0.4, 0.5) is 5.69 Å². The molecule has 0 fully saturated rings. The number of benzene rings is 1. The highest BCUT2D eigenvalue weighted by Crippen LogP contribution is 2.24. The predicted molar refractivity (Wildman–Crippen MR) is 76.9 cm³/mol. The van der Waals surface area contributed by atoms with Gasteiger partial charge in [-0.15, -0.1) is 6.58 Å². The Bertz CT molecular complexity index is 463. The smallest absolute Gasteiger partial charge is 0.256 e. The second-order valence-electron chi connectivity index (χ2n) is 5.11. The first-order chi connectivity index (χ1) is 8.27. The third-order valence-corrected chi connectivity index (χ3v) is 2.92. The molecular weight excluding hydrogens is 248 g/mol. The van der Waals surface area contributed by atoms with Crippen molar-refractivity contribution in [3.05, 3.63) is 41.4 Å². The van der Waals surface area contributed by atoms with E-state index in [9.17, 15) is 4.79 Å². The van der Waals surface area contributed by atoms with Crippen molar-refractivity contribution in [1.82, 2.24) is 4.90 Å². The van der Waals surface area contributed by atoms with Crippen molar-refractivity contribution in [3.63, 3.8) is 0 Å². The van der Waals surface area contributed by atoms with Crippen LogP contribution in [-0.2, 0) is 0 Å². The summed E-state index contributed by atoms with van der Waals surface area (Å²) in [6.07, 6.45) is 1.70. The Balaban J connectivity index is 3.17. The molecule has 3 nitrogen and oxygen atoms in total. The number of halogens is 1. The lowest BCUT2D eigenvalue weighted by molar-refractivity contribution is 0.0617. The van der Waals surface area contributed by atoms with E-state index in [1.54, 1.807) is 29.2 Å². The van der Waals surface area contributed by atoms with Crippen LogP contribution in [-0.4, -0.2) is 22.9 Å². The summed E-state index contributed by atoms with van der Waals surface area (Å²) in [6, 6.07) is 4.92. The van der Waals surface area contributed by atoms with Gasteiger partial charge in [-0.05, 0) is 39.0 Å². The molecule has 0 spiro atoms. The summed E-state index contributed by atoms with van der Waals surface area (Å²) in [7, 11) is 0. The van der Waals surface area contributed by atoms with Crippen LogP contribution < -0.4 is 5.73 Å². The zero-order valence-electron chi connectivity index (χ0n) is 11.0. The van der Waals surface area contributed by atoms with E-state index in [0.717, 1.165) is 0 Å². The molecule has 0 aromatic heterocycles. The van der Waals surface area contributed by atoms with Gasteiger partial charge in [0.15, 0.2) is 0 Å². The SMILES string of the molecule is C=CCN(C(=O)c1cc(N)ccc1Cl)C(C)(C)C. The van der Waals surface area contributed by atoms with E-state index in [4.69, 9.17) is 17.3 Å². The molecule has 0 radical (unpaired) electrons. The number of anilines is 1. The van der Waals surface area contributed by atoms with Gasteiger partial charge in [-0.2, -0.15) is 0 Å². The number of hydrogen-bond acceptors (Lipinski definition) is 2. The lowest BCUT2D eigenvalue weighted by Gasteiger charge is -2.35. The van der Waals surface area contributed by atoms with Gasteiger partial charge in [0.1, 0.15) is 0 Å². The van der Waals surface area contributed by atoms with Crippen molar-refractivity contribution < 1.29 is 4.79 Å². The number of nitrogen functional groups attached to an aromatic ring is 1. The van der Waals surface area contributed by atoms with E-state index in [2.05, 4.69) is 6.58 Å². The zero-order valence-corrected chi connectivity index (χ0v) is 11.8. The van der Waals surface area contributed by atoms with Gasteiger partial charge in [0.05, 0.1) is 10.6 Å². The molecule has 1 amide bonds. The molecular formula is C14H19ClN2O. The Labute approximate surface area is 113 Å². The summed E-state index contributed by atoms with van der Waals surface area (Å²) in [5.74, 6) is -0.139. The van der Waals surface area contributed by atoms with Gasteiger partial charge >= 0.3 is 0 Å². The minimum absolute atomic E-state index is 0.139. The molecule has 0 heterocycles. The monoisotopic (exact) mass is 266 g/mol. The first-order valence-electron chi connectivity index (χ1n) is 5.75. The standard InChI is InChI=1S/C14H19ClN2O/c1-5-8-17(14(2,3)4)13(18)11-9-10(16)6-7-12(11)15/h5-7,9H,1,8,16H2,2-4H3. The highest BCUT2D eigenvalue weighted by molar-refractivity contribution is 6.34. The molecule has 0 atom stereocenters. The molecule has 18 heavy (non-hydrogen) atoms. The van der Waals surface area contributed by atoms with E-state index in [-0.39, 0.29) is 11.4 Å². The van der Waals surface area contributed by atoms with Crippen LogP contribution in [0.1, 0.15) is 31.1 Å². The Morgan fingerprint density at radius 1 is 1.50 bits per heavy atom. The number of rotatable bonds is 3. The molecule has 0 aliphatic carbocycles. The second-order valence-corrected chi connectivity index (χ2v) is 5.52. The minimum atomic E-state index is -0.306. The highest BCUT2D eigenvalue weighted by atomic mass is 35.5. The molecule has 1 aromatic carbocycles. The summed E-state index contributed by atoms with van der Waals surface area (Å²) in [4.78, 5) is 14.2. The number of nitrogens with zero attached hydrogens (tertiary/aromatic N) is 1. The molecule has 0 aliphatic heterocycles. The summed E-state index contributed by atoms with van der Waals surface area (Å²) in [5.41, 5.74) is 6.34. The van der Waals surface area contributed by atoms with Crippen molar-refractivity contribution >= 4 is 23.2 Å². The van der Waals surface area contributed by atoms with Gasteiger partial charge in [0, 0.05) is 17.8 Å². The maximum atomic E-state index is 12.5. The van der Waals surface area contributed by atoms with Gasteiger partial charge in [0.25, 0.3) is 5.91 Å². The van der Waals surface area contributed by atoms with Crippen LogP contribution in [0.5, 0.6) is 0 Å². The Kier molecular flexibility index (Phi) is 4.41. The predicted octanol–water partition coefficient (Wildman–Crippen LogP) is 3.35. The normalized spacial score (nSPS) is 11.1. The minimum Gasteiger partial charge on any atom is -0.399 e. The van der Waals surface area contributed by atoms with E-state index in [1.165, 1.54) is 0 Å². The van der Waals surface area contributed by atoms with Crippen LogP contribution in [0.3, 0.4) is 0 Å². The molecule has 0 saturated heterocycles. The lowest BCUT2D eigenvalue weighted by atomic mass is 10.0. The number of carbonyl (C=O) groups is 1. The van der Waals surface area contributed by atoms with Crippen LogP contribution in [0.2, 0.25) is 5.02 Å². The number of carbonyl (C=O) groups excluding carboxylic acids is 1. The van der Waals surface area contributed by atoms with Gasteiger partial charge < -0.3 is 10.6 Å². The number of nitrogens with two attached hydrogens (primary N) is 1. The zero-order chi connectivity index (χ0) is 13.9. The molecule has 2 N–H and O–H groups in total. The lowest BCUT2D eigenvalue weighted by Crippen LogP contribution is -2.45. The summed E-state index contributed by atoms with van der Waals surface area (Å²) < 4.78 is 0. The van der Waals surface area contributed by atoms with Crippen LogP contribution in [0.15, 0.2) is 30.9 Å². The Morgan fingerprint density at radius 2 is 2.11 bits per heavy atom. The third-order valence-electron chi connectivity index (χ3n) is 2.59. The van der Waals surface area contributed by atoms with E-state index < -0.39 is 0 Å². The molecule has 1 aromatic rings. The summed E-state index contributed by atoms with van der Waals surface area (Å²) in [6.45, 7) is 10.0. The van der Waals surface area contributed by atoms with Gasteiger partial charge in [-0.25, -0.2) is 0 Å². The van der Waals surface area contributed by atoms with Crippen LogP contribution in [0, 0.1) is 0 Å². The fourth-order valence-electron chi connectivity index (χ4n) is 1.64. The van der Waals surface area contributed by atoms with E-state index in [0.29, 0.717) is 22.8 Å². The fraction of sp³-hybridized carbons (Fsp3) is 0.357. The summed E-state index contributed by atoms with van der Waals surface area (Å²) >= 11 is 6.06. The van der Waals surface area contributed by atoms with Crippen molar-refractivity contribution in [2.75, 3.05) is 12.3 Å². The van der Waals surface area contributed by atoms with Crippen molar-refractivity contribution in [2.24, 2.45) is 0 Å². The maximum Gasteiger partial charge on any atom is 0.256 e. The fourth-order valence-corrected chi connectivity index (χ4v) is 1.84. The number of hydrogen-bond donors (Lipinski definition) is 1. The topological polar surface area (TPSA) is 46.3 Å². The molecule has 0 aliphatic rings. The Hall–Kier alpha value is -1.48. The summed E-state index contributed by atoms with van der Waals surface area (Å²) in [5, 5.41) is 0.410. The molecule has 0 bridgehead atoms. The maximum absolute atomic E-state index is 12.5. The van der Waals surface area contributed by atoms with E-state index in [1.807, 2.05) is 20.8 Å². The first-order valence-corrected chi connectivity index (χ1v) is 6.13. The largest absolute Gasteiger partial charge is 0.399 e. The van der Waals surface area contributed by atoms with Gasteiger partial charge in [0.2, 0.25) is 0 Å². The van der Waals surface area contributed by atoms with E-state index >= 15 is 0 Å². The van der Waals surface area contributed by atoms with Gasteiger partial charge in [-0.3, -0.25) is 4.79 Å². The number of amides is 1. The van der Waals surface area contributed by atoms with Crippen LogP contribution in [0.25, 0.3) is 0 Å². The first kappa shape index (κ1) is 14.6. The van der Waals surface area contributed by atoms with Gasteiger partial charge in [-0.1, -0.05) is 17.7 Å². The average molecular weight is 267 g/mol. The Morgan fingerprint density at radius 3 is 2.61 bits per heavy atom. The quantitative estimate of drug-likeness (QED) is 0.674. The average Bonchev–Trinajstić information content (AvgIpc) is 2.27. The molecule has 4 heteroatoms.